The van der Waals surface area contributed by atoms with E-state index in [2.05, 4.69) is 4.99 Å². The van der Waals surface area contributed by atoms with Gasteiger partial charge in [0.2, 0.25) is 5.90 Å². The molecule has 0 radical (unpaired) electrons. The number of nitro benzene ring substituents is 1. The van der Waals surface area contributed by atoms with Gasteiger partial charge in [-0.25, -0.2) is 9.79 Å². The molecule has 0 unspecified atom stereocenters. The van der Waals surface area contributed by atoms with Crippen LogP contribution in [0.1, 0.15) is 18.1 Å². The highest BCUT2D eigenvalue weighted by atomic mass is 35.5. The van der Waals surface area contributed by atoms with Crippen LogP contribution in [0.15, 0.2) is 53.2 Å². The molecule has 1 aliphatic heterocycles. The van der Waals surface area contributed by atoms with Gasteiger partial charge >= 0.3 is 11.9 Å². The largest absolute Gasteiger partial charge is 0.427 e. The number of benzene rings is 2. The smallest absolute Gasteiger partial charge is 0.363 e. The van der Waals surface area contributed by atoms with E-state index in [1.807, 2.05) is 0 Å². The SMILES string of the molecule is CC(=O)Oc1ccc(/C=C2\N=C(c3cc([N+](=O)[O-])ccc3Cl)OC2=O)cc1. The maximum Gasteiger partial charge on any atom is 0.363 e. The maximum atomic E-state index is 12.1. The number of carbonyl (C=O) groups excluding carboxylic acids is 2. The van der Waals surface area contributed by atoms with E-state index in [0.29, 0.717) is 11.3 Å². The summed E-state index contributed by atoms with van der Waals surface area (Å²) in [5.74, 6) is -0.900. The van der Waals surface area contributed by atoms with Crippen LogP contribution in [0.3, 0.4) is 0 Å². The van der Waals surface area contributed by atoms with Crippen LogP contribution < -0.4 is 4.74 Å². The van der Waals surface area contributed by atoms with Crippen molar-refractivity contribution in [1.29, 1.82) is 0 Å². The molecular formula is C18H11ClN2O6. The van der Waals surface area contributed by atoms with Gasteiger partial charge in [0.25, 0.3) is 5.69 Å². The van der Waals surface area contributed by atoms with Crippen LogP contribution in [0.5, 0.6) is 5.75 Å². The molecule has 0 amide bonds. The number of cyclic esters (lactones) is 1. The summed E-state index contributed by atoms with van der Waals surface area (Å²) in [7, 11) is 0. The normalized spacial score (nSPS) is 14.7. The van der Waals surface area contributed by atoms with E-state index in [9.17, 15) is 19.7 Å². The molecule has 136 valence electrons. The molecule has 0 spiro atoms. The van der Waals surface area contributed by atoms with Crippen LogP contribution in [0.25, 0.3) is 6.08 Å². The van der Waals surface area contributed by atoms with Gasteiger partial charge in [-0.15, -0.1) is 0 Å². The predicted molar refractivity (Wildman–Crippen MR) is 96.5 cm³/mol. The van der Waals surface area contributed by atoms with Crippen LogP contribution in [0.4, 0.5) is 5.69 Å². The minimum absolute atomic E-state index is 0.00723. The number of halogens is 1. The van der Waals surface area contributed by atoms with Crippen LogP contribution in [0, 0.1) is 10.1 Å². The number of ether oxygens (including phenoxy) is 2. The Hall–Kier alpha value is -3.52. The summed E-state index contributed by atoms with van der Waals surface area (Å²) in [4.78, 5) is 37.4. The van der Waals surface area contributed by atoms with Crippen molar-refractivity contribution in [1.82, 2.24) is 0 Å². The molecule has 0 saturated carbocycles. The fourth-order valence-electron chi connectivity index (χ4n) is 2.27. The van der Waals surface area contributed by atoms with Gasteiger partial charge in [0.1, 0.15) is 5.75 Å². The number of rotatable bonds is 4. The maximum absolute atomic E-state index is 12.1. The molecular weight excluding hydrogens is 376 g/mol. The number of hydrogen-bond donors (Lipinski definition) is 0. The molecule has 0 bridgehead atoms. The first-order valence-electron chi connectivity index (χ1n) is 7.59. The molecule has 3 rings (SSSR count). The number of non-ortho nitro benzene ring substituents is 1. The van der Waals surface area contributed by atoms with Gasteiger partial charge in [0.15, 0.2) is 5.70 Å². The standard InChI is InChI=1S/C18H11ClN2O6/c1-10(22)26-13-5-2-11(3-6-13)8-16-18(23)27-17(20-16)14-9-12(21(24)25)4-7-15(14)19/h2-9H,1H3/b16-8-. The Balaban J connectivity index is 1.90. The number of hydrogen-bond acceptors (Lipinski definition) is 7. The highest BCUT2D eigenvalue weighted by Crippen LogP contribution is 2.27. The van der Waals surface area contributed by atoms with E-state index >= 15 is 0 Å². The van der Waals surface area contributed by atoms with Gasteiger partial charge in [0.05, 0.1) is 15.5 Å². The lowest BCUT2D eigenvalue weighted by molar-refractivity contribution is -0.384. The second kappa shape index (κ2) is 7.38. The zero-order valence-corrected chi connectivity index (χ0v) is 14.6. The Labute approximate surface area is 157 Å². The van der Waals surface area contributed by atoms with Crippen molar-refractivity contribution >= 4 is 41.2 Å². The van der Waals surface area contributed by atoms with Crippen molar-refractivity contribution in [3.63, 3.8) is 0 Å². The zero-order valence-electron chi connectivity index (χ0n) is 13.8. The molecule has 1 aliphatic rings. The molecule has 1 heterocycles. The molecule has 0 aliphatic carbocycles. The minimum Gasteiger partial charge on any atom is -0.427 e. The van der Waals surface area contributed by atoms with Gasteiger partial charge in [-0.3, -0.25) is 14.9 Å². The molecule has 27 heavy (non-hydrogen) atoms. The van der Waals surface area contributed by atoms with E-state index in [1.54, 1.807) is 24.3 Å². The number of nitro groups is 1. The molecule has 0 fully saturated rings. The zero-order chi connectivity index (χ0) is 19.6. The second-order valence-corrected chi connectivity index (χ2v) is 5.83. The monoisotopic (exact) mass is 386 g/mol. The lowest BCUT2D eigenvalue weighted by Gasteiger charge is -2.02. The van der Waals surface area contributed by atoms with Crippen LogP contribution in [0.2, 0.25) is 5.02 Å². The van der Waals surface area contributed by atoms with Gasteiger partial charge in [-0.2, -0.15) is 0 Å². The molecule has 0 atom stereocenters. The summed E-state index contributed by atoms with van der Waals surface area (Å²) in [6.07, 6.45) is 1.47. The van der Waals surface area contributed by atoms with Crippen molar-refractivity contribution in [3.05, 3.63) is 74.4 Å². The third-order valence-electron chi connectivity index (χ3n) is 3.46. The summed E-state index contributed by atoms with van der Waals surface area (Å²) in [6.45, 7) is 1.29. The third kappa shape index (κ3) is 4.18. The van der Waals surface area contributed by atoms with Crippen molar-refractivity contribution in [2.24, 2.45) is 4.99 Å². The summed E-state index contributed by atoms with van der Waals surface area (Å²) < 4.78 is 10.0. The average molecular weight is 387 g/mol. The molecule has 0 N–H and O–H groups in total. The van der Waals surface area contributed by atoms with Crippen molar-refractivity contribution in [2.75, 3.05) is 0 Å². The first-order valence-corrected chi connectivity index (χ1v) is 7.96. The van der Waals surface area contributed by atoms with E-state index < -0.39 is 16.9 Å². The Morgan fingerprint density at radius 3 is 2.59 bits per heavy atom. The molecule has 2 aromatic carbocycles. The lowest BCUT2D eigenvalue weighted by atomic mass is 10.2. The third-order valence-corrected chi connectivity index (χ3v) is 3.79. The highest BCUT2D eigenvalue weighted by molar-refractivity contribution is 6.34. The van der Waals surface area contributed by atoms with Gasteiger partial charge < -0.3 is 9.47 Å². The molecule has 8 nitrogen and oxygen atoms in total. The van der Waals surface area contributed by atoms with E-state index in [-0.39, 0.29) is 27.9 Å². The molecule has 9 heteroatoms. The minimum atomic E-state index is -0.711. The van der Waals surface area contributed by atoms with E-state index in [1.165, 1.54) is 31.2 Å². The average Bonchev–Trinajstić information content (AvgIpc) is 2.97. The van der Waals surface area contributed by atoms with E-state index in [0.717, 1.165) is 0 Å². The van der Waals surface area contributed by atoms with Crippen LogP contribution >= 0.6 is 11.6 Å². The van der Waals surface area contributed by atoms with Crippen molar-refractivity contribution in [3.8, 4) is 5.75 Å². The fourth-order valence-corrected chi connectivity index (χ4v) is 2.47. The summed E-state index contributed by atoms with van der Waals surface area (Å²) in [5.41, 5.74) is 0.570. The van der Waals surface area contributed by atoms with Gasteiger partial charge in [0, 0.05) is 19.1 Å². The Kier molecular flexibility index (Phi) is 5.00. The van der Waals surface area contributed by atoms with Gasteiger partial charge in [-0.1, -0.05) is 23.7 Å². The number of carbonyl (C=O) groups is 2. The Bertz CT molecular complexity index is 1010. The summed E-state index contributed by atoms with van der Waals surface area (Å²) in [6, 6.07) is 10.2. The first kappa shape index (κ1) is 18.3. The fraction of sp³-hybridized carbons (Fsp3) is 0.0556. The summed E-state index contributed by atoms with van der Waals surface area (Å²) >= 11 is 6.04. The molecule has 0 saturated heterocycles. The highest BCUT2D eigenvalue weighted by Gasteiger charge is 2.27. The van der Waals surface area contributed by atoms with E-state index in [4.69, 9.17) is 21.1 Å². The van der Waals surface area contributed by atoms with Crippen molar-refractivity contribution in [2.45, 2.75) is 6.92 Å². The van der Waals surface area contributed by atoms with Crippen LogP contribution in [-0.4, -0.2) is 22.8 Å². The topological polar surface area (TPSA) is 108 Å². The lowest BCUT2D eigenvalue weighted by Crippen LogP contribution is -2.06. The molecule has 2 aromatic rings. The Morgan fingerprint density at radius 1 is 1.26 bits per heavy atom. The predicted octanol–water partition coefficient (Wildman–Crippen LogP) is 3.52. The van der Waals surface area contributed by atoms with Gasteiger partial charge in [-0.05, 0) is 29.8 Å². The number of nitrogens with zero attached hydrogens (tertiary/aromatic N) is 2. The second-order valence-electron chi connectivity index (χ2n) is 5.42. The first-order chi connectivity index (χ1) is 12.8. The molecule has 0 aromatic heterocycles. The summed E-state index contributed by atoms with van der Waals surface area (Å²) in [5, 5.41) is 11.1. The quantitative estimate of drug-likeness (QED) is 0.261. The van der Waals surface area contributed by atoms with Crippen LogP contribution in [-0.2, 0) is 14.3 Å². The van der Waals surface area contributed by atoms with Crippen molar-refractivity contribution < 1.29 is 24.0 Å². The number of aliphatic imine (C=N–C) groups is 1. The Morgan fingerprint density at radius 2 is 1.96 bits per heavy atom. The number of esters is 2.